The number of halogens is 1. The van der Waals surface area contributed by atoms with Crippen molar-refractivity contribution in [1.82, 2.24) is 29.4 Å². The molecule has 1 atom stereocenters. The highest BCUT2D eigenvalue weighted by Crippen LogP contribution is 2.31. The molecule has 1 unspecified atom stereocenters. The standard InChI is InChI=1S/C24H29FN6O3/c1-3-22(32)29-7-4-16(13-29)14-30-15-17(11-27-30)23-19-5-8-34-9-6-21(19)31(28-23)18-10-20(25)24(33-2)26-12-18/h10-12,15-16H,3-9,13-14H2,1-2H3. The van der Waals surface area contributed by atoms with Gasteiger partial charge in [0.25, 0.3) is 0 Å². The Morgan fingerprint density at radius 3 is 2.94 bits per heavy atom. The normalized spacial score (nSPS) is 18.1. The fourth-order valence-corrected chi connectivity index (χ4v) is 4.86. The van der Waals surface area contributed by atoms with E-state index >= 15 is 0 Å². The molecule has 2 aliphatic rings. The minimum absolute atomic E-state index is 0.0436. The van der Waals surface area contributed by atoms with Crippen LogP contribution < -0.4 is 4.74 Å². The summed E-state index contributed by atoms with van der Waals surface area (Å²) in [5, 5.41) is 9.45. The van der Waals surface area contributed by atoms with Gasteiger partial charge >= 0.3 is 0 Å². The Hall–Kier alpha value is -3.27. The van der Waals surface area contributed by atoms with E-state index in [-0.39, 0.29) is 11.8 Å². The third kappa shape index (κ3) is 4.29. The molecule has 5 heterocycles. The molecule has 34 heavy (non-hydrogen) atoms. The van der Waals surface area contributed by atoms with E-state index in [2.05, 4.69) is 10.1 Å². The van der Waals surface area contributed by atoms with Crippen LogP contribution >= 0.6 is 0 Å². The summed E-state index contributed by atoms with van der Waals surface area (Å²) in [5.41, 5.74) is 4.38. The molecule has 0 aliphatic carbocycles. The fourth-order valence-electron chi connectivity index (χ4n) is 4.86. The highest BCUT2D eigenvalue weighted by atomic mass is 19.1. The molecule has 1 fully saturated rings. The average molecular weight is 469 g/mol. The highest BCUT2D eigenvalue weighted by Gasteiger charge is 2.27. The van der Waals surface area contributed by atoms with Crippen LogP contribution in [0.3, 0.4) is 0 Å². The lowest BCUT2D eigenvalue weighted by atomic mass is 10.0. The number of fused-ring (bicyclic) bond motifs is 1. The number of methoxy groups -OCH3 is 1. The molecule has 0 N–H and O–H groups in total. The number of likely N-dealkylation sites (tertiary alicyclic amines) is 1. The number of aromatic nitrogens is 5. The number of hydrogen-bond donors (Lipinski definition) is 0. The molecule has 5 rings (SSSR count). The van der Waals surface area contributed by atoms with Crippen molar-refractivity contribution < 1.29 is 18.7 Å². The Morgan fingerprint density at radius 1 is 1.29 bits per heavy atom. The predicted octanol–water partition coefficient (Wildman–Crippen LogP) is 2.65. The van der Waals surface area contributed by atoms with Crippen LogP contribution in [-0.4, -0.2) is 68.8 Å². The van der Waals surface area contributed by atoms with Crippen LogP contribution in [0, 0.1) is 11.7 Å². The Balaban J connectivity index is 1.43. The fraction of sp³-hybridized carbons (Fsp3) is 0.500. The number of pyridine rings is 1. The van der Waals surface area contributed by atoms with E-state index in [0.717, 1.165) is 55.0 Å². The van der Waals surface area contributed by atoms with E-state index in [1.807, 2.05) is 28.9 Å². The van der Waals surface area contributed by atoms with Crippen molar-refractivity contribution in [2.24, 2.45) is 5.92 Å². The minimum atomic E-state index is -0.532. The molecule has 1 amide bonds. The van der Waals surface area contributed by atoms with Crippen molar-refractivity contribution in [3.8, 4) is 22.8 Å². The van der Waals surface area contributed by atoms with Crippen LogP contribution in [0.5, 0.6) is 5.88 Å². The zero-order chi connectivity index (χ0) is 23.7. The van der Waals surface area contributed by atoms with Gasteiger partial charge in [-0.1, -0.05) is 6.92 Å². The van der Waals surface area contributed by atoms with Crippen LogP contribution in [0.2, 0.25) is 0 Å². The number of nitrogens with zero attached hydrogens (tertiary/aromatic N) is 6. The van der Waals surface area contributed by atoms with Crippen molar-refractivity contribution in [3.05, 3.63) is 41.7 Å². The van der Waals surface area contributed by atoms with Crippen molar-refractivity contribution in [2.75, 3.05) is 33.4 Å². The molecule has 3 aromatic rings. The molecule has 2 aliphatic heterocycles. The summed E-state index contributed by atoms with van der Waals surface area (Å²) in [6.07, 6.45) is 8.33. The Kier molecular flexibility index (Phi) is 6.32. The van der Waals surface area contributed by atoms with E-state index in [4.69, 9.17) is 14.6 Å². The van der Waals surface area contributed by atoms with Crippen LogP contribution in [-0.2, 0) is 28.9 Å². The summed E-state index contributed by atoms with van der Waals surface area (Å²) in [6.45, 7) is 5.44. The second-order valence-corrected chi connectivity index (χ2v) is 8.78. The number of ether oxygens (including phenoxy) is 2. The molecule has 10 heteroatoms. The molecule has 0 bridgehead atoms. The average Bonchev–Trinajstić information content (AvgIpc) is 3.54. The van der Waals surface area contributed by atoms with E-state index < -0.39 is 5.82 Å². The van der Waals surface area contributed by atoms with E-state index in [0.29, 0.717) is 37.7 Å². The first-order valence-corrected chi connectivity index (χ1v) is 11.8. The molecule has 1 saturated heterocycles. The molecular weight excluding hydrogens is 439 g/mol. The maximum Gasteiger partial charge on any atom is 0.250 e. The van der Waals surface area contributed by atoms with Crippen LogP contribution in [0.4, 0.5) is 4.39 Å². The minimum Gasteiger partial charge on any atom is -0.479 e. The van der Waals surface area contributed by atoms with Crippen molar-refractivity contribution in [3.63, 3.8) is 0 Å². The number of amides is 1. The first-order chi connectivity index (χ1) is 16.6. The summed E-state index contributed by atoms with van der Waals surface area (Å²) in [5.74, 6) is 0.0248. The van der Waals surface area contributed by atoms with Gasteiger partial charge in [-0.05, 0) is 18.8 Å². The van der Waals surface area contributed by atoms with Crippen LogP contribution in [0.25, 0.3) is 16.9 Å². The van der Waals surface area contributed by atoms with E-state index in [1.165, 1.54) is 13.2 Å². The zero-order valence-electron chi connectivity index (χ0n) is 19.5. The van der Waals surface area contributed by atoms with Gasteiger partial charge < -0.3 is 14.4 Å². The monoisotopic (exact) mass is 468 g/mol. The molecule has 9 nitrogen and oxygen atoms in total. The number of carbonyl (C=O) groups excluding carboxylic acids is 1. The van der Waals surface area contributed by atoms with Gasteiger partial charge in [-0.2, -0.15) is 10.2 Å². The smallest absolute Gasteiger partial charge is 0.250 e. The predicted molar refractivity (Wildman–Crippen MR) is 122 cm³/mol. The van der Waals surface area contributed by atoms with Gasteiger partial charge in [0.05, 0.1) is 49.8 Å². The molecule has 0 aromatic carbocycles. The highest BCUT2D eigenvalue weighted by molar-refractivity contribution is 5.76. The molecular formula is C24H29FN6O3. The van der Waals surface area contributed by atoms with Crippen LogP contribution in [0.1, 0.15) is 31.0 Å². The lowest BCUT2D eigenvalue weighted by Crippen LogP contribution is -2.28. The Bertz CT molecular complexity index is 1190. The Labute approximate surface area is 197 Å². The third-order valence-corrected chi connectivity index (χ3v) is 6.59. The summed E-state index contributed by atoms with van der Waals surface area (Å²) >= 11 is 0. The number of carbonyl (C=O) groups is 1. The SMILES string of the molecule is CCC(=O)N1CCC(Cn2cc(-c3nn(-c4cnc(OC)c(F)c4)c4c3CCOCC4)cn2)C1. The van der Waals surface area contributed by atoms with E-state index in [9.17, 15) is 9.18 Å². The first kappa shape index (κ1) is 22.5. The van der Waals surface area contributed by atoms with Gasteiger partial charge in [-0.15, -0.1) is 0 Å². The molecule has 0 radical (unpaired) electrons. The van der Waals surface area contributed by atoms with Gasteiger partial charge in [-0.25, -0.2) is 14.1 Å². The maximum atomic E-state index is 14.4. The van der Waals surface area contributed by atoms with Crippen molar-refractivity contribution in [2.45, 2.75) is 39.2 Å². The van der Waals surface area contributed by atoms with Crippen molar-refractivity contribution in [1.29, 1.82) is 0 Å². The zero-order valence-corrected chi connectivity index (χ0v) is 19.5. The number of hydrogen-bond acceptors (Lipinski definition) is 6. The van der Waals surface area contributed by atoms with Gasteiger partial charge in [-0.3, -0.25) is 9.48 Å². The summed E-state index contributed by atoms with van der Waals surface area (Å²) in [6, 6.07) is 1.39. The summed E-state index contributed by atoms with van der Waals surface area (Å²) in [4.78, 5) is 18.0. The van der Waals surface area contributed by atoms with Crippen LogP contribution in [0.15, 0.2) is 24.7 Å². The lowest BCUT2D eigenvalue weighted by Gasteiger charge is -2.15. The lowest BCUT2D eigenvalue weighted by molar-refractivity contribution is -0.129. The second kappa shape index (κ2) is 9.54. The van der Waals surface area contributed by atoms with Gasteiger partial charge in [0.1, 0.15) is 0 Å². The third-order valence-electron chi connectivity index (χ3n) is 6.59. The number of rotatable bonds is 6. The largest absolute Gasteiger partial charge is 0.479 e. The van der Waals surface area contributed by atoms with E-state index in [1.54, 1.807) is 10.9 Å². The molecule has 180 valence electrons. The summed E-state index contributed by atoms with van der Waals surface area (Å²) in [7, 11) is 1.39. The van der Waals surface area contributed by atoms with Gasteiger partial charge in [0, 0.05) is 55.9 Å². The molecule has 3 aromatic heterocycles. The topological polar surface area (TPSA) is 87.3 Å². The van der Waals surface area contributed by atoms with Gasteiger partial charge in [0.15, 0.2) is 5.82 Å². The molecule has 0 saturated carbocycles. The first-order valence-electron chi connectivity index (χ1n) is 11.8. The summed E-state index contributed by atoms with van der Waals surface area (Å²) < 4.78 is 28.7. The quantitative estimate of drug-likeness (QED) is 0.553. The molecule has 0 spiro atoms. The van der Waals surface area contributed by atoms with Gasteiger partial charge in [0.2, 0.25) is 11.8 Å². The Morgan fingerprint density at radius 2 is 2.15 bits per heavy atom. The second-order valence-electron chi connectivity index (χ2n) is 8.78. The maximum absolute atomic E-state index is 14.4. The van der Waals surface area contributed by atoms with Crippen molar-refractivity contribution >= 4 is 5.91 Å².